The molecule has 0 aromatic carbocycles. The first-order valence-electron chi connectivity index (χ1n) is 6.75. The smallest absolute Gasteiger partial charge is 0.00106 e. The van der Waals surface area contributed by atoms with Crippen LogP contribution < -0.4 is 5.32 Å². The van der Waals surface area contributed by atoms with Crippen molar-refractivity contribution in [1.82, 2.24) is 5.32 Å². The van der Waals surface area contributed by atoms with E-state index in [4.69, 9.17) is 0 Å². The Labute approximate surface area is 93.3 Å². The van der Waals surface area contributed by atoms with Crippen molar-refractivity contribution in [3.05, 3.63) is 12.2 Å². The van der Waals surface area contributed by atoms with Gasteiger partial charge in [0.1, 0.15) is 0 Å². The molecule has 3 aliphatic carbocycles. The van der Waals surface area contributed by atoms with Crippen molar-refractivity contribution >= 4 is 0 Å². The first kappa shape index (κ1) is 9.89. The maximum atomic E-state index is 3.75. The van der Waals surface area contributed by atoms with Crippen LogP contribution in [0.25, 0.3) is 0 Å². The molecule has 3 aliphatic rings. The fourth-order valence-electron chi connectivity index (χ4n) is 3.15. The summed E-state index contributed by atoms with van der Waals surface area (Å²) in [5.41, 5.74) is 0.782. The molecular weight excluding hydrogens is 182 g/mol. The minimum atomic E-state index is 0.782. The van der Waals surface area contributed by atoms with E-state index >= 15 is 0 Å². The van der Waals surface area contributed by atoms with Crippen LogP contribution in [-0.2, 0) is 0 Å². The lowest BCUT2D eigenvalue weighted by atomic mass is 9.94. The Kier molecular flexibility index (Phi) is 2.59. The van der Waals surface area contributed by atoms with Crippen molar-refractivity contribution < 1.29 is 0 Å². The number of hydrogen-bond acceptors (Lipinski definition) is 1. The molecule has 0 amide bonds. The highest BCUT2D eigenvalue weighted by Crippen LogP contribution is 2.60. The van der Waals surface area contributed by atoms with E-state index in [2.05, 4.69) is 17.5 Å². The van der Waals surface area contributed by atoms with Gasteiger partial charge in [0.15, 0.2) is 0 Å². The molecule has 1 atom stereocenters. The van der Waals surface area contributed by atoms with E-state index in [1.54, 1.807) is 0 Å². The maximum absolute atomic E-state index is 3.75. The summed E-state index contributed by atoms with van der Waals surface area (Å²) < 4.78 is 0. The number of rotatable bonds is 5. The quantitative estimate of drug-likeness (QED) is 0.680. The molecule has 84 valence electrons. The zero-order valence-corrected chi connectivity index (χ0v) is 9.67. The summed E-state index contributed by atoms with van der Waals surface area (Å²) in [6, 6.07) is 0. The van der Waals surface area contributed by atoms with Crippen molar-refractivity contribution in [3.63, 3.8) is 0 Å². The standard InChI is InChI=1S/C14H23N/c1-2-4-12(5-3-1)10-15-11-14(8-9-14)13-6-7-13/h1-2,12-13,15H,3-11H2. The van der Waals surface area contributed by atoms with Gasteiger partial charge in [-0.05, 0) is 68.7 Å². The Morgan fingerprint density at radius 3 is 2.60 bits per heavy atom. The van der Waals surface area contributed by atoms with Gasteiger partial charge >= 0.3 is 0 Å². The fourth-order valence-corrected chi connectivity index (χ4v) is 3.15. The zero-order valence-electron chi connectivity index (χ0n) is 9.67. The van der Waals surface area contributed by atoms with Gasteiger partial charge in [0, 0.05) is 6.54 Å². The van der Waals surface area contributed by atoms with Gasteiger partial charge in [-0.1, -0.05) is 12.2 Å². The van der Waals surface area contributed by atoms with Gasteiger partial charge in [-0.15, -0.1) is 0 Å². The Balaban J connectivity index is 1.37. The summed E-state index contributed by atoms with van der Waals surface area (Å²) in [7, 11) is 0. The van der Waals surface area contributed by atoms with Gasteiger partial charge in [0.2, 0.25) is 0 Å². The van der Waals surface area contributed by atoms with Gasteiger partial charge in [0.25, 0.3) is 0 Å². The molecule has 0 spiro atoms. The van der Waals surface area contributed by atoms with E-state index in [1.165, 1.54) is 58.0 Å². The second-order valence-electron chi connectivity index (χ2n) is 5.92. The average molecular weight is 205 g/mol. The van der Waals surface area contributed by atoms with Crippen LogP contribution in [0.2, 0.25) is 0 Å². The third kappa shape index (κ3) is 2.28. The number of nitrogens with one attached hydrogen (secondary N) is 1. The molecule has 0 aromatic heterocycles. The number of allylic oxidation sites excluding steroid dienone is 2. The molecule has 1 heteroatoms. The van der Waals surface area contributed by atoms with Crippen molar-refractivity contribution in [2.24, 2.45) is 17.3 Å². The topological polar surface area (TPSA) is 12.0 Å². The van der Waals surface area contributed by atoms with E-state index in [0.717, 1.165) is 17.3 Å². The third-order valence-corrected chi connectivity index (χ3v) is 4.62. The Morgan fingerprint density at radius 1 is 1.13 bits per heavy atom. The van der Waals surface area contributed by atoms with Crippen LogP contribution in [0, 0.1) is 17.3 Å². The summed E-state index contributed by atoms with van der Waals surface area (Å²) in [5.74, 6) is 2.03. The van der Waals surface area contributed by atoms with Gasteiger partial charge in [-0.25, -0.2) is 0 Å². The second-order valence-corrected chi connectivity index (χ2v) is 5.92. The van der Waals surface area contributed by atoms with E-state index < -0.39 is 0 Å². The average Bonchev–Trinajstić information content (AvgIpc) is 3.14. The predicted octanol–water partition coefficient (Wildman–Crippen LogP) is 3.12. The van der Waals surface area contributed by atoms with Crippen LogP contribution in [-0.4, -0.2) is 13.1 Å². The molecule has 0 bridgehead atoms. The second kappa shape index (κ2) is 3.93. The highest BCUT2D eigenvalue weighted by Gasteiger charge is 2.53. The molecule has 2 saturated carbocycles. The summed E-state index contributed by atoms with van der Waals surface area (Å²) >= 11 is 0. The predicted molar refractivity (Wildman–Crippen MR) is 63.7 cm³/mol. The molecule has 3 rings (SSSR count). The molecule has 0 heterocycles. The lowest BCUT2D eigenvalue weighted by Gasteiger charge is -2.21. The molecule has 15 heavy (non-hydrogen) atoms. The molecule has 0 saturated heterocycles. The van der Waals surface area contributed by atoms with Gasteiger partial charge in [-0.3, -0.25) is 0 Å². The summed E-state index contributed by atoms with van der Waals surface area (Å²) in [4.78, 5) is 0. The van der Waals surface area contributed by atoms with E-state index in [1.807, 2.05) is 0 Å². The van der Waals surface area contributed by atoms with Crippen LogP contribution in [0.3, 0.4) is 0 Å². The summed E-state index contributed by atoms with van der Waals surface area (Å²) in [6.45, 7) is 2.58. The zero-order chi connectivity index (χ0) is 10.1. The highest BCUT2D eigenvalue weighted by atomic mass is 14.9. The van der Waals surface area contributed by atoms with Crippen LogP contribution in [0.15, 0.2) is 12.2 Å². The molecule has 0 radical (unpaired) electrons. The normalized spacial score (nSPS) is 32.9. The Bertz CT molecular complexity index is 248. The van der Waals surface area contributed by atoms with Gasteiger partial charge in [0.05, 0.1) is 0 Å². The minimum Gasteiger partial charge on any atom is -0.316 e. The third-order valence-electron chi connectivity index (χ3n) is 4.62. The first-order valence-corrected chi connectivity index (χ1v) is 6.75. The highest BCUT2D eigenvalue weighted by molar-refractivity contribution is 5.05. The first-order chi connectivity index (χ1) is 7.39. The van der Waals surface area contributed by atoms with Crippen molar-refractivity contribution in [2.45, 2.75) is 44.9 Å². The fraction of sp³-hybridized carbons (Fsp3) is 0.857. The van der Waals surface area contributed by atoms with Crippen LogP contribution in [0.4, 0.5) is 0 Å². The van der Waals surface area contributed by atoms with E-state index in [-0.39, 0.29) is 0 Å². The lowest BCUT2D eigenvalue weighted by molar-refractivity contribution is 0.367. The van der Waals surface area contributed by atoms with E-state index in [0.29, 0.717) is 0 Å². The summed E-state index contributed by atoms with van der Waals surface area (Å²) in [6.07, 6.45) is 14.8. The van der Waals surface area contributed by atoms with Crippen LogP contribution >= 0.6 is 0 Å². The monoisotopic (exact) mass is 205 g/mol. The molecule has 0 aromatic rings. The van der Waals surface area contributed by atoms with Crippen LogP contribution in [0.1, 0.15) is 44.9 Å². The minimum absolute atomic E-state index is 0.782. The Morgan fingerprint density at radius 2 is 2.00 bits per heavy atom. The number of hydrogen-bond donors (Lipinski definition) is 1. The molecule has 1 N–H and O–H groups in total. The van der Waals surface area contributed by atoms with Crippen molar-refractivity contribution in [1.29, 1.82) is 0 Å². The molecule has 1 unspecified atom stereocenters. The van der Waals surface area contributed by atoms with Gasteiger partial charge < -0.3 is 5.32 Å². The van der Waals surface area contributed by atoms with Crippen molar-refractivity contribution in [2.75, 3.05) is 13.1 Å². The Hall–Kier alpha value is -0.300. The molecule has 2 fully saturated rings. The van der Waals surface area contributed by atoms with E-state index in [9.17, 15) is 0 Å². The van der Waals surface area contributed by atoms with Crippen LogP contribution in [0.5, 0.6) is 0 Å². The molecule has 1 nitrogen and oxygen atoms in total. The SMILES string of the molecule is C1=CCC(CNCC2(C3CC3)CC2)CC1. The lowest BCUT2D eigenvalue weighted by Crippen LogP contribution is -2.30. The maximum Gasteiger partial charge on any atom is 0.00106 e. The van der Waals surface area contributed by atoms with Crippen molar-refractivity contribution in [3.8, 4) is 0 Å². The molecule has 0 aliphatic heterocycles. The molecular formula is C14H23N. The van der Waals surface area contributed by atoms with Gasteiger partial charge in [-0.2, -0.15) is 0 Å². The summed E-state index contributed by atoms with van der Waals surface area (Å²) in [5, 5.41) is 3.75. The largest absolute Gasteiger partial charge is 0.316 e.